The molecule has 0 fully saturated rings. The molecule has 1 aromatic rings. The summed E-state index contributed by atoms with van der Waals surface area (Å²) in [5.74, 6) is -0.833. The van der Waals surface area contributed by atoms with Gasteiger partial charge in [-0.25, -0.2) is 0 Å². The van der Waals surface area contributed by atoms with E-state index in [2.05, 4.69) is 13.8 Å². The Morgan fingerprint density at radius 2 is 1.59 bits per heavy atom. The lowest BCUT2D eigenvalue weighted by atomic mass is 10.2. The molecule has 100 valence electrons. The molecule has 0 heterocycles. The Kier molecular flexibility index (Phi) is 21.1. The molecule has 0 bridgehead atoms. The normalized spacial score (nSPS) is 7.53. The minimum Gasteiger partial charge on any atom is -0.481 e. The van der Waals surface area contributed by atoms with Gasteiger partial charge in [-0.2, -0.15) is 0 Å². The Morgan fingerprint density at radius 1 is 1.24 bits per heavy atom. The third-order valence-corrected chi connectivity index (χ3v) is 1.15. The molecule has 0 aliphatic heterocycles. The van der Waals surface area contributed by atoms with Crippen LogP contribution in [0.15, 0.2) is 30.3 Å². The molecule has 0 aliphatic rings. The molecule has 0 aliphatic carbocycles. The molecule has 3 heteroatoms. The first-order valence-electron chi connectivity index (χ1n) is 5.30. The number of methoxy groups -OCH3 is 1. The summed E-state index contributed by atoms with van der Waals surface area (Å²) < 4.78 is 4.93. The van der Waals surface area contributed by atoms with Crippen LogP contribution in [-0.2, 0) is 16.1 Å². The summed E-state index contributed by atoms with van der Waals surface area (Å²) in [7, 11) is 1.70. The van der Waals surface area contributed by atoms with Crippen molar-refractivity contribution in [2.75, 3.05) is 7.11 Å². The fourth-order valence-corrected chi connectivity index (χ4v) is 0.741. The van der Waals surface area contributed by atoms with E-state index in [0.717, 1.165) is 6.92 Å². The smallest absolute Gasteiger partial charge is 0.300 e. The number of carboxylic acid groups (broad SMARTS) is 1. The summed E-state index contributed by atoms with van der Waals surface area (Å²) in [6.45, 7) is 6.04. The number of rotatable bonds is 2. The van der Waals surface area contributed by atoms with Crippen LogP contribution in [0.25, 0.3) is 0 Å². The van der Waals surface area contributed by atoms with Crippen LogP contribution < -0.4 is 0 Å². The zero-order chi connectivity index (χ0) is 12.8. The largest absolute Gasteiger partial charge is 0.481 e. The highest BCUT2D eigenvalue weighted by atomic mass is 16.5. The highest BCUT2D eigenvalue weighted by Gasteiger charge is 1.84. The molecule has 1 N–H and O–H groups in total. The first-order valence-corrected chi connectivity index (χ1v) is 5.30. The van der Waals surface area contributed by atoms with E-state index in [1.165, 1.54) is 12.0 Å². The average molecular weight is 242 g/mol. The number of benzene rings is 1. The zero-order valence-corrected chi connectivity index (χ0v) is 10.6. The maximum absolute atomic E-state index is 9.00. The van der Waals surface area contributed by atoms with Crippen molar-refractivity contribution in [2.45, 2.75) is 41.2 Å². The molecule has 0 atom stereocenters. The van der Waals surface area contributed by atoms with Crippen molar-refractivity contribution in [2.24, 2.45) is 0 Å². The third-order valence-electron chi connectivity index (χ3n) is 1.15. The summed E-state index contributed by atoms with van der Waals surface area (Å²) >= 11 is 0. The van der Waals surface area contributed by atoms with E-state index in [9.17, 15) is 0 Å². The zero-order valence-electron chi connectivity index (χ0n) is 10.6. The maximum atomic E-state index is 9.00. The van der Waals surface area contributed by atoms with Gasteiger partial charge in [0.2, 0.25) is 0 Å². The van der Waals surface area contributed by atoms with Crippen molar-refractivity contribution in [3.63, 3.8) is 0 Å². The fourth-order valence-electron chi connectivity index (χ4n) is 0.741. The molecule has 0 saturated carbocycles. The van der Waals surface area contributed by atoms with Crippen LogP contribution in [-0.4, -0.2) is 18.2 Å². The quantitative estimate of drug-likeness (QED) is 0.853. The molecule has 0 unspecified atom stereocenters. The van der Waals surface area contributed by atoms with Crippen LogP contribution in [0.4, 0.5) is 0 Å². The molecular weight excluding hydrogens is 216 g/mol. The van der Waals surface area contributed by atoms with E-state index in [1.54, 1.807) is 7.11 Å². The van der Waals surface area contributed by atoms with E-state index in [-0.39, 0.29) is 7.43 Å². The van der Waals surface area contributed by atoms with Gasteiger partial charge in [-0.15, -0.1) is 0 Å². The predicted molar refractivity (Wildman–Crippen MR) is 73.2 cm³/mol. The molecule has 0 amide bonds. The van der Waals surface area contributed by atoms with Crippen molar-refractivity contribution in [3.8, 4) is 0 Å². The molecule has 1 rings (SSSR count). The van der Waals surface area contributed by atoms with Crippen LogP contribution in [0.2, 0.25) is 0 Å². The van der Waals surface area contributed by atoms with Crippen LogP contribution in [0.5, 0.6) is 0 Å². The Bertz CT molecular complexity index is 241. The van der Waals surface area contributed by atoms with Gasteiger partial charge in [0.25, 0.3) is 5.97 Å². The molecular formula is C14H26O3. The predicted octanol–water partition coefficient (Wildman–Crippen LogP) is 3.98. The highest BCUT2D eigenvalue weighted by molar-refractivity contribution is 5.62. The third kappa shape index (κ3) is 25.2. The topological polar surface area (TPSA) is 46.5 Å². The summed E-state index contributed by atoms with van der Waals surface area (Å²) in [6, 6.07) is 10.1. The number of carbonyl (C=O) groups is 1. The van der Waals surface area contributed by atoms with E-state index < -0.39 is 5.97 Å². The summed E-state index contributed by atoms with van der Waals surface area (Å²) in [4.78, 5) is 9.00. The van der Waals surface area contributed by atoms with Crippen molar-refractivity contribution in [1.29, 1.82) is 0 Å². The summed E-state index contributed by atoms with van der Waals surface area (Å²) in [5.41, 5.74) is 1.22. The Morgan fingerprint density at radius 3 is 1.88 bits per heavy atom. The van der Waals surface area contributed by atoms with Crippen molar-refractivity contribution >= 4 is 5.97 Å². The van der Waals surface area contributed by atoms with Gasteiger partial charge in [-0.1, -0.05) is 58.0 Å². The Balaban J connectivity index is -0.000000210. The number of hydrogen-bond donors (Lipinski definition) is 1. The van der Waals surface area contributed by atoms with Gasteiger partial charge in [0, 0.05) is 14.0 Å². The summed E-state index contributed by atoms with van der Waals surface area (Å²) in [6.07, 6.45) is 1.25. The number of aliphatic carboxylic acids is 1. The van der Waals surface area contributed by atoms with Crippen LogP contribution >= 0.6 is 0 Å². The maximum Gasteiger partial charge on any atom is 0.300 e. The van der Waals surface area contributed by atoms with Crippen molar-refractivity contribution in [3.05, 3.63) is 35.9 Å². The van der Waals surface area contributed by atoms with E-state index in [4.69, 9.17) is 14.6 Å². The highest BCUT2D eigenvalue weighted by Crippen LogP contribution is 1.98. The second kappa shape index (κ2) is 17.1. The molecule has 3 nitrogen and oxygen atoms in total. The summed E-state index contributed by atoms with van der Waals surface area (Å²) in [5, 5.41) is 7.42. The lowest BCUT2D eigenvalue weighted by Crippen LogP contribution is -1.84. The van der Waals surface area contributed by atoms with Crippen LogP contribution in [0.3, 0.4) is 0 Å². The number of ether oxygens (including phenoxy) is 1. The van der Waals surface area contributed by atoms with Crippen molar-refractivity contribution in [1.82, 2.24) is 0 Å². The SMILES string of the molecule is C.CC(=O)O.CCC.COCc1ccccc1. The van der Waals surface area contributed by atoms with Crippen molar-refractivity contribution < 1.29 is 14.6 Å². The van der Waals surface area contributed by atoms with Gasteiger partial charge in [0.1, 0.15) is 0 Å². The standard InChI is InChI=1S/C8H10O.C3H8.C2H4O2.CH4/c1-9-7-8-5-3-2-4-6-8;1-3-2;1-2(3)4;/h2-6H,7H2,1H3;3H2,1-2H3;1H3,(H,3,4);1H4. The van der Waals surface area contributed by atoms with Gasteiger partial charge in [0.05, 0.1) is 6.61 Å². The second-order valence-electron chi connectivity index (χ2n) is 3.14. The average Bonchev–Trinajstić information content (AvgIpc) is 2.20. The van der Waals surface area contributed by atoms with Gasteiger partial charge >= 0.3 is 0 Å². The Labute approximate surface area is 105 Å². The fraction of sp³-hybridized carbons (Fsp3) is 0.500. The van der Waals surface area contributed by atoms with Gasteiger partial charge in [0.15, 0.2) is 0 Å². The van der Waals surface area contributed by atoms with Crippen LogP contribution in [0.1, 0.15) is 40.2 Å². The molecule has 17 heavy (non-hydrogen) atoms. The Hall–Kier alpha value is -1.35. The van der Waals surface area contributed by atoms with Gasteiger partial charge in [-0.05, 0) is 5.56 Å². The monoisotopic (exact) mass is 242 g/mol. The second-order valence-corrected chi connectivity index (χ2v) is 3.14. The lowest BCUT2D eigenvalue weighted by molar-refractivity contribution is -0.134. The molecule has 0 saturated heterocycles. The number of carboxylic acids is 1. The number of hydrogen-bond acceptors (Lipinski definition) is 2. The van der Waals surface area contributed by atoms with E-state index >= 15 is 0 Å². The van der Waals surface area contributed by atoms with Gasteiger partial charge < -0.3 is 9.84 Å². The van der Waals surface area contributed by atoms with Gasteiger partial charge in [-0.3, -0.25) is 4.79 Å². The molecule has 0 aromatic heterocycles. The first kappa shape index (κ1) is 21.0. The minimum atomic E-state index is -0.833. The van der Waals surface area contributed by atoms with E-state index in [0.29, 0.717) is 6.61 Å². The molecule has 0 spiro atoms. The minimum absolute atomic E-state index is 0. The lowest BCUT2D eigenvalue weighted by Gasteiger charge is -1.95. The van der Waals surface area contributed by atoms with E-state index in [1.807, 2.05) is 30.3 Å². The molecule has 1 aromatic carbocycles. The van der Waals surface area contributed by atoms with Crippen LogP contribution in [0, 0.1) is 0 Å². The first-order chi connectivity index (χ1) is 7.58. The molecule has 0 radical (unpaired) electrons.